The first-order chi connectivity index (χ1) is 12.7. The Morgan fingerprint density at radius 3 is 2.69 bits per heavy atom. The predicted octanol–water partition coefficient (Wildman–Crippen LogP) is 1.33. The molecule has 3 rings (SSSR count). The van der Waals surface area contributed by atoms with Crippen molar-refractivity contribution in [2.75, 3.05) is 32.3 Å². The number of hydrogen-bond acceptors (Lipinski definition) is 7. The van der Waals surface area contributed by atoms with Crippen LogP contribution < -0.4 is 19.9 Å². The van der Waals surface area contributed by atoms with Gasteiger partial charge in [-0.05, 0) is 29.8 Å². The fourth-order valence-electron chi connectivity index (χ4n) is 2.71. The number of H-pyrrole nitrogens is 1. The van der Waals surface area contributed by atoms with Crippen LogP contribution in [0.4, 0.5) is 5.82 Å². The van der Waals surface area contributed by atoms with Crippen molar-refractivity contribution in [3.8, 4) is 11.5 Å². The van der Waals surface area contributed by atoms with Crippen LogP contribution >= 0.6 is 0 Å². The first-order valence-corrected chi connectivity index (χ1v) is 8.07. The van der Waals surface area contributed by atoms with Crippen molar-refractivity contribution in [1.29, 1.82) is 0 Å². The maximum atomic E-state index is 12.0. The minimum Gasteiger partial charge on any atom is -0.493 e. The van der Waals surface area contributed by atoms with Gasteiger partial charge in [0.2, 0.25) is 0 Å². The largest absolute Gasteiger partial charge is 0.493 e. The summed E-state index contributed by atoms with van der Waals surface area (Å²) < 4.78 is 10.6. The van der Waals surface area contributed by atoms with Crippen molar-refractivity contribution in [3.63, 3.8) is 0 Å². The highest BCUT2D eigenvalue weighted by Crippen LogP contribution is 2.28. The van der Waals surface area contributed by atoms with Crippen molar-refractivity contribution >= 4 is 16.9 Å². The molecule has 0 atom stereocenters. The van der Waals surface area contributed by atoms with Crippen molar-refractivity contribution in [3.05, 3.63) is 52.6 Å². The van der Waals surface area contributed by atoms with Gasteiger partial charge in [-0.15, -0.1) is 0 Å². The summed E-state index contributed by atoms with van der Waals surface area (Å²) in [5, 5.41) is 9.43. The molecule has 0 aliphatic rings. The molecular formula is C18H20N4O4. The monoisotopic (exact) mass is 356 g/mol. The number of aliphatic hydroxyl groups is 1. The third-order valence-corrected chi connectivity index (χ3v) is 3.99. The molecule has 0 bridgehead atoms. The van der Waals surface area contributed by atoms with Crippen LogP contribution in [0, 0.1) is 0 Å². The van der Waals surface area contributed by atoms with Gasteiger partial charge in [-0.1, -0.05) is 6.07 Å². The average molecular weight is 356 g/mol. The van der Waals surface area contributed by atoms with Gasteiger partial charge in [0.1, 0.15) is 5.82 Å². The molecule has 3 aromatic rings. The molecule has 0 saturated carbocycles. The molecule has 2 aromatic heterocycles. The molecule has 0 saturated heterocycles. The fourth-order valence-corrected chi connectivity index (χ4v) is 2.71. The zero-order valence-corrected chi connectivity index (χ0v) is 14.6. The van der Waals surface area contributed by atoms with Crippen LogP contribution in [-0.2, 0) is 6.54 Å². The van der Waals surface area contributed by atoms with E-state index in [1.807, 2.05) is 23.1 Å². The second-order valence-electron chi connectivity index (χ2n) is 5.60. The molecule has 1 aromatic carbocycles. The van der Waals surface area contributed by atoms with Gasteiger partial charge in [-0.2, -0.15) is 0 Å². The lowest BCUT2D eigenvalue weighted by molar-refractivity contribution is 0.301. The van der Waals surface area contributed by atoms with Gasteiger partial charge in [0.05, 0.1) is 32.7 Å². The minimum atomic E-state index is -0.299. The van der Waals surface area contributed by atoms with E-state index in [2.05, 4.69) is 15.0 Å². The molecule has 0 fully saturated rings. The van der Waals surface area contributed by atoms with Crippen LogP contribution in [0.25, 0.3) is 11.0 Å². The number of fused-ring (bicyclic) bond motifs is 1. The van der Waals surface area contributed by atoms with E-state index in [0.717, 1.165) is 5.56 Å². The quantitative estimate of drug-likeness (QED) is 0.659. The van der Waals surface area contributed by atoms with E-state index in [1.165, 1.54) is 6.33 Å². The standard InChI is InChI=1S/C18H20N4O4/c1-25-14-5-3-12(9-15(14)26-2)10-22(7-8-23)16-6-4-13-17(21-16)18(24)20-11-19-13/h3-6,9,11,23H,7-8,10H2,1-2H3,(H,19,20,24). The van der Waals surface area contributed by atoms with Crippen molar-refractivity contribution < 1.29 is 14.6 Å². The molecule has 2 N–H and O–H groups in total. The number of nitrogens with one attached hydrogen (secondary N) is 1. The summed E-state index contributed by atoms with van der Waals surface area (Å²) in [6.07, 6.45) is 1.35. The van der Waals surface area contributed by atoms with Gasteiger partial charge in [-0.25, -0.2) is 9.97 Å². The number of pyridine rings is 1. The fraction of sp³-hybridized carbons (Fsp3) is 0.278. The molecule has 0 aliphatic heterocycles. The molecule has 2 heterocycles. The summed E-state index contributed by atoms with van der Waals surface area (Å²) >= 11 is 0. The molecule has 8 heteroatoms. The first kappa shape index (κ1) is 17.7. The number of hydrogen-bond donors (Lipinski definition) is 2. The highest BCUT2D eigenvalue weighted by molar-refractivity contribution is 5.74. The molecule has 0 spiro atoms. The van der Waals surface area contributed by atoms with E-state index < -0.39 is 0 Å². The first-order valence-electron chi connectivity index (χ1n) is 8.07. The average Bonchev–Trinajstić information content (AvgIpc) is 2.67. The van der Waals surface area contributed by atoms with Crippen LogP contribution in [0.2, 0.25) is 0 Å². The summed E-state index contributed by atoms with van der Waals surface area (Å²) in [6, 6.07) is 9.14. The SMILES string of the molecule is COc1ccc(CN(CCO)c2ccc3nc[nH]c(=O)c3n2)cc1OC. The summed E-state index contributed by atoms with van der Waals surface area (Å²) in [7, 11) is 3.16. The topological polar surface area (TPSA) is 101 Å². The van der Waals surface area contributed by atoms with Gasteiger partial charge in [0, 0.05) is 13.1 Å². The molecule has 26 heavy (non-hydrogen) atoms. The van der Waals surface area contributed by atoms with Crippen molar-refractivity contribution in [2.24, 2.45) is 0 Å². The third kappa shape index (κ3) is 3.60. The number of aromatic nitrogens is 3. The van der Waals surface area contributed by atoms with Crippen LogP contribution in [0.1, 0.15) is 5.56 Å². The molecule has 8 nitrogen and oxygen atoms in total. The van der Waals surface area contributed by atoms with E-state index in [4.69, 9.17) is 9.47 Å². The van der Waals surface area contributed by atoms with Crippen LogP contribution in [0.15, 0.2) is 41.5 Å². The number of aliphatic hydroxyl groups excluding tert-OH is 1. The Hall–Kier alpha value is -3.13. The molecule has 0 aliphatic carbocycles. The van der Waals surface area contributed by atoms with E-state index in [1.54, 1.807) is 26.4 Å². The maximum absolute atomic E-state index is 12.0. The number of ether oxygens (including phenoxy) is 2. The van der Waals surface area contributed by atoms with Crippen LogP contribution in [0.3, 0.4) is 0 Å². The summed E-state index contributed by atoms with van der Waals surface area (Å²) in [6.45, 7) is 0.805. The molecule has 136 valence electrons. The zero-order chi connectivity index (χ0) is 18.5. The van der Waals surface area contributed by atoms with Crippen LogP contribution in [0.5, 0.6) is 11.5 Å². The normalized spacial score (nSPS) is 10.7. The number of nitrogens with zero attached hydrogens (tertiary/aromatic N) is 3. The Bertz CT molecular complexity index is 957. The predicted molar refractivity (Wildman–Crippen MR) is 97.8 cm³/mol. The van der Waals surface area contributed by atoms with Gasteiger partial charge < -0.3 is 24.5 Å². The Balaban J connectivity index is 1.95. The van der Waals surface area contributed by atoms with Crippen molar-refractivity contribution in [1.82, 2.24) is 15.0 Å². The Labute approximate surface area is 150 Å². The molecular weight excluding hydrogens is 336 g/mol. The number of methoxy groups -OCH3 is 2. The van der Waals surface area contributed by atoms with Crippen molar-refractivity contribution in [2.45, 2.75) is 6.54 Å². The van der Waals surface area contributed by atoms with E-state index in [-0.39, 0.29) is 17.7 Å². The second kappa shape index (κ2) is 7.83. The number of anilines is 1. The van der Waals surface area contributed by atoms with Crippen LogP contribution in [-0.4, -0.2) is 47.4 Å². The summed E-state index contributed by atoms with van der Waals surface area (Å²) in [4.78, 5) is 24.9. The molecule has 0 radical (unpaired) electrons. The Morgan fingerprint density at radius 1 is 1.15 bits per heavy atom. The maximum Gasteiger partial charge on any atom is 0.277 e. The molecule has 0 unspecified atom stereocenters. The lowest BCUT2D eigenvalue weighted by Gasteiger charge is -2.23. The summed E-state index contributed by atoms with van der Waals surface area (Å²) in [5.41, 5.74) is 1.44. The highest BCUT2D eigenvalue weighted by Gasteiger charge is 2.13. The number of aromatic amines is 1. The smallest absolute Gasteiger partial charge is 0.277 e. The Morgan fingerprint density at radius 2 is 1.96 bits per heavy atom. The lowest BCUT2D eigenvalue weighted by Crippen LogP contribution is -2.27. The number of benzene rings is 1. The van der Waals surface area contributed by atoms with Gasteiger partial charge >= 0.3 is 0 Å². The van der Waals surface area contributed by atoms with Gasteiger partial charge in [-0.3, -0.25) is 4.79 Å². The van der Waals surface area contributed by atoms with Gasteiger partial charge in [0.15, 0.2) is 17.0 Å². The second-order valence-corrected chi connectivity index (χ2v) is 5.60. The summed E-state index contributed by atoms with van der Waals surface area (Å²) in [5.74, 6) is 1.85. The third-order valence-electron chi connectivity index (χ3n) is 3.99. The lowest BCUT2D eigenvalue weighted by atomic mass is 10.2. The Kier molecular flexibility index (Phi) is 5.33. The van der Waals surface area contributed by atoms with E-state index in [0.29, 0.717) is 35.9 Å². The molecule has 0 amide bonds. The highest BCUT2D eigenvalue weighted by atomic mass is 16.5. The zero-order valence-electron chi connectivity index (χ0n) is 14.6. The minimum absolute atomic E-state index is 0.0452. The van der Waals surface area contributed by atoms with E-state index in [9.17, 15) is 9.90 Å². The van der Waals surface area contributed by atoms with E-state index >= 15 is 0 Å². The van der Waals surface area contributed by atoms with Gasteiger partial charge in [0.25, 0.3) is 5.56 Å². The number of rotatable bonds is 7.